The molecule has 2 atom stereocenters. The minimum atomic E-state index is -0.650. The second-order valence-corrected chi connectivity index (χ2v) is 6.00. The van der Waals surface area contributed by atoms with Gasteiger partial charge < -0.3 is 4.74 Å². The number of piperidine rings is 1. The van der Waals surface area contributed by atoms with Gasteiger partial charge in [0.2, 0.25) is 6.54 Å². The third kappa shape index (κ3) is 5.32. The normalized spacial score (nSPS) is 20.0. The Hall–Kier alpha value is -1.95. The molecule has 0 bridgehead atoms. The maximum atomic E-state index is 12.1. The van der Waals surface area contributed by atoms with E-state index in [-0.39, 0.29) is 19.1 Å². The number of nitro groups is 1. The van der Waals surface area contributed by atoms with Crippen molar-refractivity contribution >= 4 is 5.97 Å². The molecule has 6 nitrogen and oxygen atoms in total. The van der Waals surface area contributed by atoms with E-state index in [1.165, 1.54) is 5.56 Å². The summed E-state index contributed by atoms with van der Waals surface area (Å²) in [5, 5.41) is 10.9. The van der Waals surface area contributed by atoms with Crippen LogP contribution in [0, 0.1) is 22.0 Å². The molecule has 0 spiro atoms. The van der Waals surface area contributed by atoms with Crippen molar-refractivity contribution in [3.8, 4) is 0 Å². The largest absolute Gasteiger partial charge is 0.466 e. The maximum Gasteiger partial charge on any atom is 0.315 e. The van der Waals surface area contributed by atoms with Gasteiger partial charge in [0.15, 0.2) is 0 Å². The third-order valence-electron chi connectivity index (χ3n) is 4.30. The summed E-state index contributed by atoms with van der Waals surface area (Å²) in [6.45, 7) is 4.11. The highest BCUT2D eigenvalue weighted by Crippen LogP contribution is 2.26. The van der Waals surface area contributed by atoms with Gasteiger partial charge in [0.1, 0.15) is 5.92 Å². The number of likely N-dealkylation sites (tertiary alicyclic amines) is 1. The Kier molecular flexibility index (Phi) is 6.52. The summed E-state index contributed by atoms with van der Waals surface area (Å²) in [4.78, 5) is 24.9. The predicted octanol–water partition coefficient (Wildman–Crippen LogP) is 2.35. The summed E-state index contributed by atoms with van der Waals surface area (Å²) in [6.07, 6.45) is 1.79. The first-order valence-electron chi connectivity index (χ1n) is 8.15. The summed E-state index contributed by atoms with van der Waals surface area (Å²) in [5.74, 6) is -1.10. The Labute approximate surface area is 136 Å². The van der Waals surface area contributed by atoms with Crippen molar-refractivity contribution in [3.63, 3.8) is 0 Å². The molecule has 1 aliphatic heterocycles. The first-order valence-corrected chi connectivity index (χ1v) is 8.15. The zero-order chi connectivity index (χ0) is 16.7. The molecule has 0 amide bonds. The zero-order valence-electron chi connectivity index (χ0n) is 13.5. The zero-order valence-corrected chi connectivity index (χ0v) is 13.5. The van der Waals surface area contributed by atoms with E-state index in [9.17, 15) is 14.9 Å². The van der Waals surface area contributed by atoms with Crippen molar-refractivity contribution in [3.05, 3.63) is 46.0 Å². The molecular weight excluding hydrogens is 296 g/mol. The summed E-state index contributed by atoms with van der Waals surface area (Å²) in [7, 11) is 0. The molecule has 0 N–H and O–H groups in total. The Balaban J connectivity index is 2.01. The molecule has 0 saturated carbocycles. The van der Waals surface area contributed by atoms with Crippen LogP contribution in [0.4, 0.5) is 0 Å². The standard InChI is InChI=1S/C17H24N2O4/c1-2-23-17(20)16(13-19(21)22)15-9-6-10-18(12-15)11-14-7-4-3-5-8-14/h3-5,7-8,15-16H,2,6,9-13H2,1H3/t15-,16+/m1/s1. The number of carbonyl (C=O) groups is 1. The van der Waals surface area contributed by atoms with Crippen LogP contribution in [-0.4, -0.2) is 42.0 Å². The lowest BCUT2D eigenvalue weighted by atomic mass is 9.85. The van der Waals surface area contributed by atoms with Gasteiger partial charge in [0.25, 0.3) is 0 Å². The van der Waals surface area contributed by atoms with Crippen molar-refractivity contribution in [2.45, 2.75) is 26.3 Å². The predicted molar refractivity (Wildman–Crippen MR) is 86.4 cm³/mol. The Morgan fingerprint density at radius 1 is 1.43 bits per heavy atom. The van der Waals surface area contributed by atoms with Gasteiger partial charge in [-0.3, -0.25) is 19.8 Å². The topological polar surface area (TPSA) is 72.7 Å². The van der Waals surface area contributed by atoms with Crippen LogP contribution in [0.3, 0.4) is 0 Å². The van der Waals surface area contributed by atoms with E-state index in [4.69, 9.17) is 4.74 Å². The molecule has 0 radical (unpaired) electrons. The molecule has 1 saturated heterocycles. The van der Waals surface area contributed by atoms with E-state index in [2.05, 4.69) is 17.0 Å². The monoisotopic (exact) mass is 320 g/mol. The molecule has 2 rings (SSSR count). The van der Waals surface area contributed by atoms with Gasteiger partial charge in [-0.1, -0.05) is 30.3 Å². The number of benzene rings is 1. The molecule has 1 heterocycles. The van der Waals surface area contributed by atoms with E-state index in [1.54, 1.807) is 6.92 Å². The SMILES string of the molecule is CCOC(=O)[C@@H](C[N+](=O)[O-])[C@@H]1CCCN(Cc2ccccc2)C1. The van der Waals surface area contributed by atoms with Gasteiger partial charge in [0, 0.05) is 18.0 Å². The van der Waals surface area contributed by atoms with E-state index in [1.807, 2.05) is 18.2 Å². The highest BCUT2D eigenvalue weighted by atomic mass is 16.6. The molecule has 0 aromatic heterocycles. The molecule has 1 aromatic rings. The Bertz CT molecular complexity index is 521. The highest BCUT2D eigenvalue weighted by molar-refractivity contribution is 5.73. The smallest absolute Gasteiger partial charge is 0.315 e. The van der Waals surface area contributed by atoms with Crippen LogP contribution in [0.15, 0.2) is 30.3 Å². The number of ether oxygens (including phenoxy) is 1. The van der Waals surface area contributed by atoms with Crippen LogP contribution in [0.1, 0.15) is 25.3 Å². The van der Waals surface area contributed by atoms with Crippen LogP contribution < -0.4 is 0 Å². The molecule has 23 heavy (non-hydrogen) atoms. The second kappa shape index (κ2) is 8.62. The molecule has 1 aromatic carbocycles. The van der Waals surface area contributed by atoms with Crippen LogP contribution in [0.5, 0.6) is 0 Å². The number of carbonyl (C=O) groups excluding carboxylic acids is 1. The molecule has 1 aliphatic rings. The maximum absolute atomic E-state index is 12.1. The number of hydrogen-bond acceptors (Lipinski definition) is 5. The highest BCUT2D eigenvalue weighted by Gasteiger charge is 2.36. The van der Waals surface area contributed by atoms with Crippen molar-refractivity contribution < 1.29 is 14.5 Å². The minimum absolute atomic E-state index is 0.0167. The lowest BCUT2D eigenvalue weighted by Gasteiger charge is -2.35. The summed E-state index contributed by atoms with van der Waals surface area (Å²) in [6, 6.07) is 10.1. The molecule has 0 unspecified atom stereocenters. The third-order valence-corrected chi connectivity index (χ3v) is 4.30. The number of nitrogens with zero attached hydrogens (tertiary/aromatic N) is 2. The average molecular weight is 320 g/mol. The first-order chi connectivity index (χ1) is 11.1. The van der Waals surface area contributed by atoms with Crippen molar-refractivity contribution in [1.82, 2.24) is 4.90 Å². The van der Waals surface area contributed by atoms with Crippen molar-refractivity contribution in [2.24, 2.45) is 11.8 Å². The van der Waals surface area contributed by atoms with Crippen molar-refractivity contribution in [1.29, 1.82) is 0 Å². The molecule has 126 valence electrons. The van der Waals surface area contributed by atoms with Crippen molar-refractivity contribution in [2.75, 3.05) is 26.2 Å². The van der Waals surface area contributed by atoms with E-state index in [0.29, 0.717) is 6.54 Å². The summed E-state index contributed by atoms with van der Waals surface area (Å²) < 4.78 is 5.05. The van der Waals surface area contributed by atoms with E-state index in [0.717, 1.165) is 25.9 Å². The van der Waals surface area contributed by atoms with Crippen LogP contribution in [0.25, 0.3) is 0 Å². The lowest BCUT2D eigenvalue weighted by Crippen LogP contribution is -2.42. The van der Waals surface area contributed by atoms with Gasteiger partial charge in [-0.2, -0.15) is 0 Å². The van der Waals surface area contributed by atoms with Gasteiger partial charge in [0.05, 0.1) is 6.61 Å². The Morgan fingerprint density at radius 2 is 2.17 bits per heavy atom. The quantitative estimate of drug-likeness (QED) is 0.438. The second-order valence-electron chi connectivity index (χ2n) is 6.00. The molecule has 6 heteroatoms. The van der Waals surface area contributed by atoms with Crippen LogP contribution >= 0.6 is 0 Å². The number of esters is 1. The summed E-state index contributed by atoms with van der Waals surface area (Å²) in [5.41, 5.74) is 1.22. The fourth-order valence-electron chi connectivity index (χ4n) is 3.23. The number of rotatable bonds is 7. The number of hydrogen-bond donors (Lipinski definition) is 0. The van der Waals surface area contributed by atoms with E-state index < -0.39 is 16.8 Å². The molecular formula is C17H24N2O4. The average Bonchev–Trinajstić information content (AvgIpc) is 2.54. The molecule has 1 fully saturated rings. The van der Waals surface area contributed by atoms with Gasteiger partial charge in [-0.15, -0.1) is 0 Å². The first kappa shape index (κ1) is 17.4. The fourth-order valence-corrected chi connectivity index (χ4v) is 3.23. The van der Waals surface area contributed by atoms with Crippen LogP contribution in [-0.2, 0) is 16.1 Å². The van der Waals surface area contributed by atoms with Gasteiger partial charge in [-0.25, -0.2) is 0 Å². The minimum Gasteiger partial charge on any atom is -0.466 e. The summed E-state index contributed by atoms with van der Waals surface area (Å²) >= 11 is 0. The lowest BCUT2D eigenvalue weighted by molar-refractivity contribution is -0.488. The van der Waals surface area contributed by atoms with Gasteiger partial charge >= 0.3 is 5.97 Å². The Morgan fingerprint density at radius 3 is 2.83 bits per heavy atom. The molecule has 0 aliphatic carbocycles. The van der Waals surface area contributed by atoms with E-state index >= 15 is 0 Å². The van der Waals surface area contributed by atoms with Gasteiger partial charge in [-0.05, 0) is 37.8 Å². The van der Waals surface area contributed by atoms with Crippen LogP contribution in [0.2, 0.25) is 0 Å². The fraction of sp³-hybridized carbons (Fsp3) is 0.588.